The van der Waals surface area contributed by atoms with Gasteiger partial charge in [-0.1, -0.05) is 30.3 Å². The second kappa shape index (κ2) is 9.59. The number of nitrogens with one attached hydrogen (secondary N) is 2. The summed E-state index contributed by atoms with van der Waals surface area (Å²) in [6.45, 7) is 2.24. The van der Waals surface area contributed by atoms with Gasteiger partial charge in [-0.3, -0.25) is 4.79 Å². The first-order valence-corrected chi connectivity index (χ1v) is 10.2. The first kappa shape index (κ1) is 18.7. The van der Waals surface area contributed by atoms with Gasteiger partial charge in [0.05, 0.1) is 0 Å². The smallest absolute Gasteiger partial charge is 0.222 e. The molecule has 0 atom stereocenters. The average Bonchev–Trinajstić information content (AvgIpc) is 3.07. The summed E-state index contributed by atoms with van der Waals surface area (Å²) in [6, 6.07) is 18.7. The molecule has 0 bridgehead atoms. The molecule has 0 saturated carbocycles. The Morgan fingerprint density at radius 2 is 1.88 bits per heavy atom. The number of nitrogens with zero attached hydrogens (tertiary/aromatic N) is 1. The third-order valence-corrected chi connectivity index (χ3v) is 5.53. The van der Waals surface area contributed by atoms with Gasteiger partial charge in [-0.25, -0.2) is 0 Å². The topological polar surface area (TPSA) is 44.4 Å². The molecule has 26 heavy (non-hydrogen) atoms. The molecule has 1 amide bonds. The maximum atomic E-state index is 11.6. The van der Waals surface area contributed by atoms with Crippen molar-refractivity contribution in [3.05, 3.63) is 60.2 Å². The van der Waals surface area contributed by atoms with Gasteiger partial charge in [0.15, 0.2) is 5.11 Å². The molecule has 6 heteroatoms. The molecular weight excluding hydrogens is 362 g/mol. The third-order valence-electron chi connectivity index (χ3n) is 4.20. The van der Waals surface area contributed by atoms with Gasteiger partial charge in [-0.15, -0.1) is 11.8 Å². The zero-order valence-corrected chi connectivity index (χ0v) is 16.2. The first-order valence-electron chi connectivity index (χ1n) is 8.80. The predicted molar refractivity (Wildman–Crippen MR) is 112 cm³/mol. The number of hydrogen-bond donors (Lipinski definition) is 2. The summed E-state index contributed by atoms with van der Waals surface area (Å²) < 4.78 is 0. The molecule has 1 fully saturated rings. The highest BCUT2D eigenvalue weighted by atomic mass is 32.2. The van der Waals surface area contributed by atoms with Crippen LogP contribution in [0.4, 0.5) is 5.69 Å². The van der Waals surface area contributed by atoms with Gasteiger partial charge >= 0.3 is 0 Å². The van der Waals surface area contributed by atoms with Gasteiger partial charge in [-0.05, 0) is 48.5 Å². The molecule has 4 nitrogen and oxygen atoms in total. The summed E-state index contributed by atoms with van der Waals surface area (Å²) in [5.41, 5.74) is 2.24. The van der Waals surface area contributed by atoms with Crippen LogP contribution in [0, 0.1) is 0 Å². The summed E-state index contributed by atoms with van der Waals surface area (Å²) >= 11 is 7.15. The lowest BCUT2D eigenvalue weighted by Crippen LogP contribution is -2.37. The molecule has 0 radical (unpaired) electrons. The maximum Gasteiger partial charge on any atom is 0.222 e. The molecule has 136 valence electrons. The molecule has 3 rings (SSSR count). The van der Waals surface area contributed by atoms with E-state index in [-0.39, 0.29) is 5.91 Å². The van der Waals surface area contributed by atoms with Crippen molar-refractivity contribution in [2.45, 2.75) is 23.5 Å². The van der Waals surface area contributed by atoms with Crippen molar-refractivity contribution in [2.24, 2.45) is 0 Å². The Bertz CT molecular complexity index is 734. The molecule has 1 aliphatic rings. The minimum atomic E-state index is 0.245. The van der Waals surface area contributed by atoms with Crippen molar-refractivity contribution in [1.29, 1.82) is 0 Å². The number of anilines is 1. The standard InChI is InChI=1S/C20H23N3OS2/c24-19-7-4-13-23(19)14-12-21-20(25)22-17-10-8-16(9-11-17)15-26-18-5-2-1-3-6-18/h1-3,5-6,8-11H,4,7,12-15H2,(H2,21,22,25). The van der Waals surface area contributed by atoms with Gasteiger partial charge in [0.1, 0.15) is 0 Å². The van der Waals surface area contributed by atoms with Crippen LogP contribution in [0.5, 0.6) is 0 Å². The number of benzene rings is 2. The quantitative estimate of drug-likeness (QED) is 0.559. The lowest BCUT2D eigenvalue weighted by molar-refractivity contribution is -0.127. The Labute approximate surface area is 164 Å². The predicted octanol–water partition coefficient (Wildman–Crippen LogP) is 3.89. The van der Waals surface area contributed by atoms with Crippen LogP contribution in [0.25, 0.3) is 0 Å². The van der Waals surface area contributed by atoms with Gasteiger partial charge in [0.25, 0.3) is 0 Å². The van der Waals surface area contributed by atoms with E-state index >= 15 is 0 Å². The Balaban J connectivity index is 1.39. The monoisotopic (exact) mass is 385 g/mol. The van der Waals surface area contributed by atoms with E-state index in [0.29, 0.717) is 24.6 Å². The number of likely N-dealkylation sites (tertiary alicyclic amines) is 1. The number of amides is 1. The third kappa shape index (κ3) is 5.75. The summed E-state index contributed by atoms with van der Waals surface area (Å²) in [5, 5.41) is 6.94. The van der Waals surface area contributed by atoms with Crippen LogP contribution in [0.3, 0.4) is 0 Å². The summed E-state index contributed by atoms with van der Waals surface area (Å²) in [7, 11) is 0. The highest BCUT2D eigenvalue weighted by molar-refractivity contribution is 7.98. The lowest BCUT2D eigenvalue weighted by Gasteiger charge is -2.17. The first-order chi connectivity index (χ1) is 12.7. The van der Waals surface area contributed by atoms with Crippen LogP contribution in [-0.2, 0) is 10.5 Å². The second-order valence-electron chi connectivity index (χ2n) is 6.16. The molecule has 2 aromatic rings. The van der Waals surface area contributed by atoms with Crippen LogP contribution in [0.1, 0.15) is 18.4 Å². The SMILES string of the molecule is O=C1CCCN1CCNC(=S)Nc1ccc(CSc2ccccc2)cc1. The van der Waals surface area contributed by atoms with Gasteiger partial charge in [-0.2, -0.15) is 0 Å². The van der Waals surface area contributed by atoms with Crippen molar-refractivity contribution >= 4 is 40.7 Å². The van der Waals surface area contributed by atoms with E-state index < -0.39 is 0 Å². The Morgan fingerprint density at radius 3 is 2.58 bits per heavy atom. The highest BCUT2D eigenvalue weighted by Crippen LogP contribution is 2.23. The Hall–Kier alpha value is -2.05. The van der Waals surface area contributed by atoms with E-state index in [4.69, 9.17) is 12.2 Å². The van der Waals surface area contributed by atoms with Crippen molar-refractivity contribution in [1.82, 2.24) is 10.2 Å². The summed E-state index contributed by atoms with van der Waals surface area (Å²) in [4.78, 5) is 14.7. The fourth-order valence-electron chi connectivity index (χ4n) is 2.79. The molecule has 1 heterocycles. The Kier molecular flexibility index (Phi) is 6.91. The number of hydrogen-bond acceptors (Lipinski definition) is 3. The number of thiocarbonyl (C=S) groups is 1. The van der Waals surface area contributed by atoms with Crippen molar-refractivity contribution in [3.8, 4) is 0 Å². The molecular formula is C20H23N3OS2. The van der Waals surface area contributed by atoms with E-state index in [1.54, 1.807) is 0 Å². The van der Waals surface area contributed by atoms with Gasteiger partial charge < -0.3 is 15.5 Å². The lowest BCUT2D eigenvalue weighted by atomic mass is 10.2. The van der Waals surface area contributed by atoms with Gasteiger partial charge in [0.2, 0.25) is 5.91 Å². The van der Waals surface area contributed by atoms with Crippen LogP contribution < -0.4 is 10.6 Å². The van der Waals surface area contributed by atoms with Crippen molar-refractivity contribution in [3.63, 3.8) is 0 Å². The van der Waals surface area contributed by atoms with E-state index in [1.807, 2.05) is 34.9 Å². The zero-order valence-electron chi connectivity index (χ0n) is 14.6. The molecule has 2 N–H and O–H groups in total. The average molecular weight is 386 g/mol. The molecule has 2 aromatic carbocycles. The van der Waals surface area contributed by atoms with Gasteiger partial charge in [0, 0.05) is 42.4 Å². The summed E-state index contributed by atoms with van der Waals surface area (Å²) in [6.07, 6.45) is 1.65. The van der Waals surface area contributed by atoms with Crippen LogP contribution in [-0.4, -0.2) is 35.6 Å². The number of carbonyl (C=O) groups is 1. The fraction of sp³-hybridized carbons (Fsp3) is 0.300. The van der Waals surface area contributed by atoms with E-state index in [9.17, 15) is 4.79 Å². The molecule has 0 unspecified atom stereocenters. The second-order valence-corrected chi connectivity index (χ2v) is 7.62. The number of rotatable bonds is 7. The van der Waals surface area contributed by atoms with Crippen LogP contribution in [0.2, 0.25) is 0 Å². The summed E-state index contributed by atoms with van der Waals surface area (Å²) in [5.74, 6) is 1.19. The normalized spacial score (nSPS) is 13.7. The molecule has 1 saturated heterocycles. The van der Waals surface area contributed by atoms with Crippen LogP contribution in [0.15, 0.2) is 59.5 Å². The van der Waals surface area contributed by atoms with E-state index in [2.05, 4.69) is 47.0 Å². The molecule has 0 spiro atoms. The zero-order chi connectivity index (χ0) is 18.2. The number of carbonyl (C=O) groups excluding carboxylic acids is 1. The molecule has 0 aromatic heterocycles. The number of thioether (sulfide) groups is 1. The Morgan fingerprint density at radius 1 is 1.12 bits per heavy atom. The molecule has 1 aliphatic heterocycles. The largest absolute Gasteiger partial charge is 0.361 e. The fourth-order valence-corrected chi connectivity index (χ4v) is 3.88. The minimum Gasteiger partial charge on any atom is -0.361 e. The maximum absolute atomic E-state index is 11.6. The van der Waals surface area contributed by atoms with E-state index in [0.717, 1.165) is 24.4 Å². The van der Waals surface area contributed by atoms with Crippen molar-refractivity contribution in [2.75, 3.05) is 25.0 Å². The minimum absolute atomic E-state index is 0.245. The van der Waals surface area contributed by atoms with Crippen molar-refractivity contribution < 1.29 is 4.79 Å². The van der Waals surface area contributed by atoms with Crippen LogP contribution >= 0.6 is 24.0 Å². The molecule has 0 aliphatic carbocycles. The highest BCUT2D eigenvalue weighted by Gasteiger charge is 2.19. The van der Waals surface area contributed by atoms with E-state index in [1.165, 1.54) is 10.5 Å².